The second-order valence-electron chi connectivity index (χ2n) is 7.00. The average Bonchev–Trinajstić information content (AvgIpc) is 3.07. The molecule has 0 saturated heterocycles. The molecular formula is C21H21N3OS2. The second kappa shape index (κ2) is 7.87. The maximum Gasteiger partial charge on any atom is 0.263 e. The first-order chi connectivity index (χ1) is 13.2. The molecule has 0 fully saturated rings. The zero-order valence-corrected chi connectivity index (χ0v) is 16.9. The molecule has 1 aromatic carbocycles. The molecule has 1 aliphatic carbocycles. The van der Waals surface area contributed by atoms with E-state index in [0.717, 1.165) is 40.2 Å². The highest BCUT2D eigenvalue weighted by molar-refractivity contribution is 7.99. The predicted octanol–water partition coefficient (Wildman–Crippen LogP) is 4.64. The number of thiophene rings is 1. The van der Waals surface area contributed by atoms with Crippen molar-refractivity contribution >= 4 is 33.3 Å². The molecule has 0 saturated carbocycles. The lowest BCUT2D eigenvalue weighted by atomic mass is 9.97. The minimum Gasteiger partial charge on any atom is -0.283 e. The summed E-state index contributed by atoms with van der Waals surface area (Å²) in [6.07, 6.45) is 4.38. The van der Waals surface area contributed by atoms with Crippen LogP contribution in [0.15, 0.2) is 40.3 Å². The van der Waals surface area contributed by atoms with E-state index < -0.39 is 0 Å². The molecule has 0 amide bonds. The Bertz CT molecular complexity index is 1060. The number of fused-ring (bicyclic) bond motifs is 3. The Balaban J connectivity index is 1.84. The van der Waals surface area contributed by atoms with E-state index >= 15 is 0 Å². The second-order valence-corrected chi connectivity index (χ2v) is 9.07. The number of nitriles is 1. The molecule has 138 valence electrons. The topological polar surface area (TPSA) is 58.7 Å². The summed E-state index contributed by atoms with van der Waals surface area (Å²) in [7, 11) is 0. The largest absolute Gasteiger partial charge is 0.283 e. The van der Waals surface area contributed by atoms with Gasteiger partial charge in [0.05, 0.1) is 23.9 Å². The number of hydrogen-bond acceptors (Lipinski definition) is 5. The number of aryl methyl sites for hydroxylation is 2. The van der Waals surface area contributed by atoms with Crippen molar-refractivity contribution in [1.82, 2.24) is 9.55 Å². The fourth-order valence-corrected chi connectivity index (χ4v) is 5.71. The van der Waals surface area contributed by atoms with Crippen LogP contribution in [0.2, 0.25) is 0 Å². The Morgan fingerprint density at radius 3 is 2.85 bits per heavy atom. The number of benzene rings is 1. The summed E-state index contributed by atoms with van der Waals surface area (Å²) >= 11 is 3.19. The molecule has 27 heavy (non-hydrogen) atoms. The number of rotatable bonds is 5. The molecule has 3 aromatic rings. The highest BCUT2D eigenvalue weighted by atomic mass is 32.2. The average molecular weight is 396 g/mol. The fourth-order valence-electron chi connectivity index (χ4n) is 3.47. The third kappa shape index (κ3) is 3.67. The number of thioether (sulfide) groups is 1. The summed E-state index contributed by atoms with van der Waals surface area (Å²) in [5, 5.41) is 10.6. The van der Waals surface area contributed by atoms with Gasteiger partial charge in [-0.3, -0.25) is 9.36 Å². The molecule has 4 nitrogen and oxygen atoms in total. The Morgan fingerprint density at radius 2 is 2.07 bits per heavy atom. The third-order valence-corrected chi connectivity index (χ3v) is 7.33. The van der Waals surface area contributed by atoms with Crippen molar-refractivity contribution in [1.29, 1.82) is 5.26 Å². The van der Waals surface area contributed by atoms with Crippen LogP contribution in [-0.2, 0) is 19.4 Å². The number of hydrogen-bond donors (Lipinski definition) is 0. The van der Waals surface area contributed by atoms with E-state index in [1.54, 1.807) is 15.9 Å². The lowest BCUT2D eigenvalue weighted by Crippen LogP contribution is -2.24. The van der Waals surface area contributed by atoms with Crippen molar-refractivity contribution in [3.05, 3.63) is 56.7 Å². The smallest absolute Gasteiger partial charge is 0.263 e. The monoisotopic (exact) mass is 395 g/mol. The fraction of sp³-hybridized carbons (Fsp3) is 0.381. The third-order valence-electron chi connectivity index (χ3n) is 4.91. The maximum atomic E-state index is 13.5. The highest BCUT2D eigenvalue weighted by Gasteiger charge is 2.22. The van der Waals surface area contributed by atoms with E-state index in [1.165, 1.54) is 28.6 Å². The zero-order valence-electron chi connectivity index (χ0n) is 15.3. The summed E-state index contributed by atoms with van der Waals surface area (Å²) in [5.41, 5.74) is 2.37. The van der Waals surface area contributed by atoms with Crippen molar-refractivity contribution in [2.45, 2.75) is 44.3 Å². The lowest BCUT2D eigenvalue weighted by Gasteiger charge is -2.14. The van der Waals surface area contributed by atoms with Crippen molar-refractivity contribution in [2.75, 3.05) is 5.75 Å². The van der Waals surface area contributed by atoms with Crippen LogP contribution in [0.3, 0.4) is 0 Å². The van der Waals surface area contributed by atoms with Crippen LogP contribution in [0, 0.1) is 17.2 Å². The SMILES string of the molecule is C[C@H](C#N)CSc1nc2sc3c(c2c(=O)n1Cc1ccccc1)CCCC3. The van der Waals surface area contributed by atoms with E-state index in [4.69, 9.17) is 10.2 Å². The molecule has 1 atom stereocenters. The van der Waals surface area contributed by atoms with Crippen molar-refractivity contribution in [3.8, 4) is 6.07 Å². The first-order valence-electron chi connectivity index (χ1n) is 9.29. The summed E-state index contributed by atoms with van der Waals surface area (Å²) in [6, 6.07) is 12.3. The Labute approximate surface area is 166 Å². The van der Waals surface area contributed by atoms with Gasteiger partial charge in [-0.2, -0.15) is 5.26 Å². The lowest BCUT2D eigenvalue weighted by molar-refractivity contribution is 0.655. The van der Waals surface area contributed by atoms with Gasteiger partial charge in [-0.1, -0.05) is 42.1 Å². The van der Waals surface area contributed by atoms with E-state index in [0.29, 0.717) is 12.3 Å². The molecule has 0 bridgehead atoms. The minimum absolute atomic E-state index is 0.0652. The van der Waals surface area contributed by atoms with Gasteiger partial charge in [0.2, 0.25) is 0 Å². The van der Waals surface area contributed by atoms with Crippen molar-refractivity contribution < 1.29 is 0 Å². The van der Waals surface area contributed by atoms with Gasteiger partial charge < -0.3 is 0 Å². The van der Waals surface area contributed by atoms with E-state index in [2.05, 4.69) is 6.07 Å². The van der Waals surface area contributed by atoms with Crippen LogP contribution in [-0.4, -0.2) is 15.3 Å². The van der Waals surface area contributed by atoms with Crippen LogP contribution < -0.4 is 5.56 Å². The van der Waals surface area contributed by atoms with Gasteiger partial charge in [0.15, 0.2) is 5.16 Å². The van der Waals surface area contributed by atoms with Gasteiger partial charge in [0.25, 0.3) is 5.56 Å². The van der Waals surface area contributed by atoms with Crippen molar-refractivity contribution in [2.24, 2.45) is 5.92 Å². The molecule has 4 rings (SSSR count). The van der Waals surface area contributed by atoms with E-state index in [1.807, 2.05) is 37.3 Å². The highest BCUT2D eigenvalue weighted by Crippen LogP contribution is 2.35. The summed E-state index contributed by atoms with van der Waals surface area (Å²) in [5.74, 6) is 0.554. The summed E-state index contributed by atoms with van der Waals surface area (Å²) in [4.78, 5) is 20.5. The molecule has 6 heteroatoms. The van der Waals surface area contributed by atoms with Gasteiger partial charge in [0.1, 0.15) is 4.83 Å². The van der Waals surface area contributed by atoms with Crippen LogP contribution in [0.25, 0.3) is 10.2 Å². The van der Waals surface area contributed by atoms with Gasteiger partial charge in [0, 0.05) is 10.6 Å². The van der Waals surface area contributed by atoms with Crippen LogP contribution in [0.1, 0.15) is 35.8 Å². The quantitative estimate of drug-likeness (QED) is 0.466. The van der Waals surface area contributed by atoms with Gasteiger partial charge in [-0.15, -0.1) is 11.3 Å². The van der Waals surface area contributed by atoms with Crippen molar-refractivity contribution in [3.63, 3.8) is 0 Å². The molecule has 1 aliphatic rings. The molecule has 0 spiro atoms. The molecule has 0 radical (unpaired) electrons. The Hall–Kier alpha value is -2.10. The van der Waals surface area contributed by atoms with Gasteiger partial charge in [-0.25, -0.2) is 4.98 Å². The number of nitrogens with zero attached hydrogens (tertiary/aromatic N) is 3. The normalized spacial score (nSPS) is 14.7. The Kier molecular flexibility index (Phi) is 5.33. The standard InChI is InChI=1S/C21H21N3OS2/c1-14(11-22)13-26-21-23-19-18(16-9-5-6-10-17(16)27-19)20(25)24(21)12-15-7-3-2-4-8-15/h2-4,7-8,14H,5-6,9-10,12-13H2,1H3/t14-/m1/s1. The van der Waals surface area contributed by atoms with Gasteiger partial charge >= 0.3 is 0 Å². The zero-order chi connectivity index (χ0) is 18.8. The predicted molar refractivity (Wildman–Crippen MR) is 112 cm³/mol. The first-order valence-corrected chi connectivity index (χ1v) is 11.1. The minimum atomic E-state index is -0.0793. The molecule has 2 aromatic heterocycles. The van der Waals surface area contributed by atoms with Crippen LogP contribution in [0.5, 0.6) is 0 Å². The molecule has 0 N–H and O–H groups in total. The number of aromatic nitrogens is 2. The van der Waals surface area contributed by atoms with Gasteiger partial charge in [-0.05, 0) is 43.7 Å². The molecule has 2 heterocycles. The van der Waals surface area contributed by atoms with E-state index in [-0.39, 0.29) is 11.5 Å². The Morgan fingerprint density at radius 1 is 1.30 bits per heavy atom. The molecule has 0 unspecified atom stereocenters. The first kappa shape index (κ1) is 18.3. The molecule has 0 aliphatic heterocycles. The maximum absolute atomic E-state index is 13.5. The van der Waals surface area contributed by atoms with Crippen LogP contribution in [0.4, 0.5) is 0 Å². The summed E-state index contributed by atoms with van der Waals surface area (Å²) in [6.45, 7) is 2.41. The van der Waals surface area contributed by atoms with Crippen LogP contribution >= 0.6 is 23.1 Å². The molecular weight excluding hydrogens is 374 g/mol. The summed E-state index contributed by atoms with van der Waals surface area (Å²) < 4.78 is 1.80. The van der Waals surface area contributed by atoms with E-state index in [9.17, 15) is 4.79 Å².